The highest BCUT2D eigenvalue weighted by Crippen LogP contribution is 2.32. The number of carbonyl (C=O) groups excluding carboxylic acids is 1. The lowest BCUT2D eigenvalue weighted by Gasteiger charge is -2.31. The fourth-order valence-corrected chi connectivity index (χ4v) is 1.98. The summed E-state index contributed by atoms with van der Waals surface area (Å²) in [5, 5.41) is 10.4. The van der Waals surface area contributed by atoms with Crippen LogP contribution in [0.25, 0.3) is 0 Å². The number of carbonyl (C=O) groups is 1. The van der Waals surface area contributed by atoms with Gasteiger partial charge in [0.1, 0.15) is 11.6 Å². The van der Waals surface area contributed by atoms with Crippen molar-refractivity contribution in [2.24, 2.45) is 0 Å². The second-order valence-electron chi connectivity index (χ2n) is 4.42. The molecule has 1 N–H and O–H groups in total. The van der Waals surface area contributed by atoms with Gasteiger partial charge in [0, 0.05) is 12.0 Å². The fraction of sp³-hybridized carbons (Fsp3) is 0.500. The lowest BCUT2D eigenvalue weighted by Crippen LogP contribution is -2.44. The molecule has 0 radical (unpaired) electrons. The van der Waals surface area contributed by atoms with Crippen LogP contribution in [0.4, 0.5) is 8.78 Å². The van der Waals surface area contributed by atoms with E-state index in [0.29, 0.717) is 0 Å². The van der Waals surface area contributed by atoms with Crippen LogP contribution in [0, 0.1) is 11.6 Å². The number of rotatable bonds is 5. The first kappa shape index (κ1) is 15.6. The number of halogens is 2. The zero-order valence-corrected chi connectivity index (χ0v) is 11.2. The van der Waals surface area contributed by atoms with Gasteiger partial charge in [-0.2, -0.15) is 0 Å². The minimum atomic E-state index is -1.80. The molecule has 2 unspecified atom stereocenters. The second kappa shape index (κ2) is 6.10. The molecule has 0 aliphatic rings. The number of ether oxygens (including phenoxy) is 1. The molecular weight excluding hydrogens is 254 g/mol. The number of hydrogen-bond donors (Lipinski definition) is 1. The lowest BCUT2D eigenvalue weighted by atomic mass is 9.81. The second-order valence-corrected chi connectivity index (χ2v) is 4.42. The average Bonchev–Trinajstić information content (AvgIpc) is 2.36. The molecule has 0 spiro atoms. The Morgan fingerprint density at radius 1 is 1.32 bits per heavy atom. The molecule has 0 saturated heterocycles. The zero-order valence-electron chi connectivity index (χ0n) is 11.2. The molecule has 3 nitrogen and oxygen atoms in total. The van der Waals surface area contributed by atoms with Crippen molar-refractivity contribution < 1.29 is 23.4 Å². The van der Waals surface area contributed by atoms with E-state index >= 15 is 0 Å². The maximum Gasteiger partial charge on any atom is 0.338 e. The van der Waals surface area contributed by atoms with Gasteiger partial charge in [0.05, 0.1) is 6.61 Å². The molecule has 5 heteroatoms. The Morgan fingerprint density at radius 3 is 2.26 bits per heavy atom. The van der Waals surface area contributed by atoms with Gasteiger partial charge in [0.2, 0.25) is 0 Å². The maximum absolute atomic E-state index is 13.2. The molecule has 0 fully saturated rings. The summed E-state index contributed by atoms with van der Waals surface area (Å²) in [7, 11) is 0. The van der Waals surface area contributed by atoms with Crippen LogP contribution in [0.15, 0.2) is 18.2 Å². The molecular formula is C14H18F2O3. The van der Waals surface area contributed by atoms with E-state index in [4.69, 9.17) is 4.74 Å². The van der Waals surface area contributed by atoms with E-state index in [1.54, 1.807) is 13.8 Å². The fourth-order valence-electron chi connectivity index (χ4n) is 1.98. The van der Waals surface area contributed by atoms with Gasteiger partial charge in [-0.1, -0.05) is 13.8 Å². The van der Waals surface area contributed by atoms with Crippen molar-refractivity contribution in [2.75, 3.05) is 6.61 Å². The van der Waals surface area contributed by atoms with Crippen LogP contribution in [0.3, 0.4) is 0 Å². The molecule has 0 aliphatic carbocycles. The monoisotopic (exact) mass is 272 g/mol. The predicted molar refractivity (Wildman–Crippen MR) is 66.6 cm³/mol. The molecule has 0 aromatic heterocycles. The Morgan fingerprint density at radius 2 is 1.84 bits per heavy atom. The molecule has 1 aromatic rings. The quantitative estimate of drug-likeness (QED) is 0.838. The molecule has 19 heavy (non-hydrogen) atoms. The summed E-state index contributed by atoms with van der Waals surface area (Å²) in [6.07, 6.45) is 0.0884. The Hall–Kier alpha value is -1.49. The predicted octanol–water partition coefficient (Wildman–Crippen LogP) is 2.77. The Balaban J connectivity index is 3.13. The highest BCUT2D eigenvalue weighted by Gasteiger charge is 2.42. The number of esters is 1. The van der Waals surface area contributed by atoms with Crippen molar-refractivity contribution in [3.63, 3.8) is 0 Å². The molecule has 0 aliphatic heterocycles. The molecule has 2 atom stereocenters. The highest BCUT2D eigenvalue weighted by atomic mass is 19.1. The van der Waals surface area contributed by atoms with Crippen LogP contribution in [0.2, 0.25) is 0 Å². The van der Waals surface area contributed by atoms with Crippen molar-refractivity contribution in [1.29, 1.82) is 0 Å². The minimum Gasteiger partial charge on any atom is -0.464 e. The minimum absolute atomic E-state index is 0.0884. The van der Waals surface area contributed by atoms with E-state index < -0.39 is 29.1 Å². The summed E-state index contributed by atoms with van der Waals surface area (Å²) in [6.45, 7) is 4.91. The van der Waals surface area contributed by atoms with Gasteiger partial charge in [-0.05, 0) is 31.0 Å². The first-order chi connectivity index (χ1) is 8.85. The zero-order chi connectivity index (χ0) is 14.6. The SMILES string of the molecule is CCOC(=O)C(O)(CC)C(C)c1cc(F)cc(F)c1. The van der Waals surface area contributed by atoms with Gasteiger partial charge < -0.3 is 9.84 Å². The highest BCUT2D eigenvalue weighted by molar-refractivity contribution is 5.80. The van der Waals surface area contributed by atoms with Gasteiger partial charge in [0.25, 0.3) is 0 Å². The number of benzene rings is 1. The topological polar surface area (TPSA) is 46.5 Å². The van der Waals surface area contributed by atoms with Gasteiger partial charge >= 0.3 is 5.97 Å². The van der Waals surface area contributed by atoms with E-state index in [9.17, 15) is 18.7 Å². The van der Waals surface area contributed by atoms with E-state index in [1.807, 2.05) is 0 Å². The van der Waals surface area contributed by atoms with Crippen LogP contribution < -0.4 is 0 Å². The first-order valence-corrected chi connectivity index (χ1v) is 6.20. The molecule has 1 rings (SSSR count). The Bertz CT molecular complexity index is 442. The molecule has 0 heterocycles. The normalized spacial score (nSPS) is 15.7. The standard InChI is InChI=1S/C14H18F2O3/c1-4-14(18,13(17)19-5-2)9(3)10-6-11(15)8-12(16)7-10/h6-9,18H,4-5H2,1-3H3. The maximum atomic E-state index is 13.2. The average molecular weight is 272 g/mol. The molecule has 1 aromatic carbocycles. The van der Waals surface area contributed by atoms with Crippen LogP contribution in [0.1, 0.15) is 38.7 Å². The molecule has 0 amide bonds. The van der Waals surface area contributed by atoms with Crippen molar-refractivity contribution in [2.45, 2.75) is 38.7 Å². The summed E-state index contributed by atoms with van der Waals surface area (Å²) in [5.41, 5.74) is -1.58. The van der Waals surface area contributed by atoms with Crippen LogP contribution in [-0.4, -0.2) is 23.3 Å². The van der Waals surface area contributed by atoms with Crippen molar-refractivity contribution in [1.82, 2.24) is 0 Å². The summed E-state index contributed by atoms with van der Waals surface area (Å²) < 4.78 is 31.2. The largest absolute Gasteiger partial charge is 0.464 e. The lowest BCUT2D eigenvalue weighted by molar-refractivity contribution is -0.167. The summed E-state index contributed by atoms with van der Waals surface area (Å²) in [4.78, 5) is 11.8. The Kier molecular flexibility index (Phi) is 5.00. The van der Waals surface area contributed by atoms with Gasteiger partial charge in [-0.15, -0.1) is 0 Å². The third-order valence-corrected chi connectivity index (χ3v) is 3.27. The third kappa shape index (κ3) is 3.29. The molecule has 0 saturated carbocycles. The van der Waals surface area contributed by atoms with E-state index in [1.165, 1.54) is 6.92 Å². The van der Waals surface area contributed by atoms with Crippen LogP contribution in [-0.2, 0) is 9.53 Å². The van der Waals surface area contributed by atoms with Crippen molar-refractivity contribution >= 4 is 5.97 Å². The number of aliphatic hydroxyl groups is 1. The number of hydrogen-bond acceptors (Lipinski definition) is 3. The van der Waals surface area contributed by atoms with Gasteiger partial charge in [0.15, 0.2) is 5.60 Å². The van der Waals surface area contributed by atoms with Crippen molar-refractivity contribution in [3.8, 4) is 0 Å². The van der Waals surface area contributed by atoms with Crippen LogP contribution >= 0.6 is 0 Å². The summed E-state index contributed by atoms with van der Waals surface area (Å²) in [6, 6.07) is 2.95. The summed E-state index contributed by atoms with van der Waals surface area (Å²) >= 11 is 0. The van der Waals surface area contributed by atoms with E-state index in [-0.39, 0.29) is 18.6 Å². The molecule has 0 bridgehead atoms. The first-order valence-electron chi connectivity index (χ1n) is 6.20. The summed E-state index contributed by atoms with van der Waals surface area (Å²) in [5.74, 6) is -3.05. The smallest absolute Gasteiger partial charge is 0.338 e. The van der Waals surface area contributed by atoms with Gasteiger partial charge in [-0.25, -0.2) is 13.6 Å². The van der Waals surface area contributed by atoms with E-state index in [2.05, 4.69) is 0 Å². The van der Waals surface area contributed by atoms with E-state index in [0.717, 1.165) is 18.2 Å². The third-order valence-electron chi connectivity index (χ3n) is 3.27. The van der Waals surface area contributed by atoms with Crippen LogP contribution in [0.5, 0.6) is 0 Å². The van der Waals surface area contributed by atoms with Crippen molar-refractivity contribution in [3.05, 3.63) is 35.4 Å². The molecule has 106 valence electrons. The Labute approximate surface area is 111 Å². The van der Waals surface area contributed by atoms with Gasteiger partial charge in [-0.3, -0.25) is 0 Å².